The average Bonchev–Trinajstić information content (AvgIpc) is 2.92. The first kappa shape index (κ1) is 17.7. The van der Waals surface area contributed by atoms with Crippen molar-refractivity contribution in [1.82, 2.24) is 0 Å². The molecule has 1 N–H and O–H groups in total. The van der Waals surface area contributed by atoms with Gasteiger partial charge in [-0.1, -0.05) is 54.6 Å². The van der Waals surface area contributed by atoms with E-state index < -0.39 is 0 Å². The fourth-order valence-electron chi connectivity index (χ4n) is 3.50. The van der Waals surface area contributed by atoms with Crippen LogP contribution in [0.15, 0.2) is 84.6 Å². The number of nitrogens with one attached hydrogen (secondary N) is 1. The monoisotopic (exact) mass is 368 g/mol. The lowest BCUT2D eigenvalue weighted by Gasteiger charge is -2.17. The van der Waals surface area contributed by atoms with Gasteiger partial charge in [0.15, 0.2) is 0 Å². The molecule has 0 saturated carbocycles. The lowest BCUT2D eigenvalue weighted by atomic mass is 10.0. The van der Waals surface area contributed by atoms with Gasteiger partial charge in [0.05, 0.1) is 11.3 Å². The van der Waals surface area contributed by atoms with Gasteiger partial charge < -0.3 is 5.32 Å². The third kappa shape index (κ3) is 3.21. The Hall–Kier alpha value is -3.66. The molecule has 0 aromatic heterocycles. The van der Waals surface area contributed by atoms with Crippen molar-refractivity contribution in [2.24, 2.45) is 0 Å². The van der Waals surface area contributed by atoms with Crippen molar-refractivity contribution in [2.45, 2.75) is 13.8 Å². The van der Waals surface area contributed by atoms with Gasteiger partial charge in [0.25, 0.3) is 11.8 Å². The second-order valence-corrected chi connectivity index (χ2v) is 6.90. The van der Waals surface area contributed by atoms with Gasteiger partial charge in [0.1, 0.15) is 5.70 Å². The number of hydrogen-bond donors (Lipinski definition) is 1. The summed E-state index contributed by atoms with van der Waals surface area (Å²) in [6, 6.07) is 24.4. The highest BCUT2D eigenvalue weighted by Crippen LogP contribution is 2.34. The Morgan fingerprint density at radius 1 is 0.714 bits per heavy atom. The van der Waals surface area contributed by atoms with Crippen molar-refractivity contribution >= 4 is 28.8 Å². The van der Waals surface area contributed by atoms with E-state index in [1.807, 2.05) is 92.7 Å². The van der Waals surface area contributed by atoms with Crippen molar-refractivity contribution in [2.75, 3.05) is 10.2 Å². The van der Waals surface area contributed by atoms with Crippen LogP contribution in [0.25, 0.3) is 5.57 Å². The summed E-state index contributed by atoms with van der Waals surface area (Å²) in [4.78, 5) is 27.9. The smallest absolute Gasteiger partial charge is 0.282 e. The van der Waals surface area contributed by atoms with E-state index in [1.54, 1.807) is 0 Å². The molecule has 4 heteroatoms. The van der Waals surface area contributed by atoms with Gasteiger partial charge >= 0.3 is 0 Å². The van der Waals surface area contributed by atoms with E-state index in [4.69, 9.17) is 0 Å². The first-order valence-electron chi connectivity index (χ1n) is 9.13. The normalized spacial score (nSPS) is 14.0. The third-order valence-corrected chi connectivity index (χ3v) is 4.65. The summed E-state index contributed by atoms with van der Waals surface area (Å²) < 4.78 is 0. The van der Waals surface area contributed by atoms with Crippen molar-refractivity contribution in [1.29, 1.82) is 0 Å². The van der Waals surface area contributed by atoms with E-state index >= 15 is 0 Å². The first-order chi connectivity index (χ1) is 13.5. The Bertz CT molecular complexity index is 1070. The molecule has 0 spiro atoms. The molecule has 0 atom stereocenters. The third-order valence-electron chi connectivity index (χ3n) is 4.65. The minimum atomic E-state index is -0.349. The van der Waals surface area contributed by atoms with Gasteiger partial charge in [-0.3, -0.25) is 9.59 Å². The van der Waals surface area contributed by atoms with E-state index in [0.29, 0.717) is 22.5 Å². The molecule has 0 fully saturated rings. The summed E-state index contributed by atoms with van der Waals surface area (Å²) in [6.07, 6.45) is 0. The molecule has 1 aliphatic rings. The molecule has 0 aliphatic carbocycles. The molecule has 0 unspecified atom stereocenters. The van der Waals surface area contributed by atoms with E-state index in [0.717, 1.165) is 16.8 Å². The molecule has 0 saturated heterocycles. The van der Waals surface area contributed by atoms with E-state index in [1.165, 1.54) is 4.90 Å². The molecule has 3 aromatic rings. The standard InChI is InChI=1S/C24H20N2O2/c1-16-13-17(2)15-20(14-16)26-23(27)21(18-9-5-3-6-10-18)22(24(26)28)25-19-11-7-4-8-12-19/h3-15,25H,1-2H3. The Morgan fingerprint density at radius 2 is 1.29 bits per heavy atom. The number of carbonyl (C=O) groups is 2. The highest BCUT2D eigenvalue weighted by atomic mass is 16.2. The maximum absolute atomic E-state index is 13.3. The predicted octanol–water partition coefficient (Wildman–Crippen LogP) is 4.70. The minimum Gasteiger partial charge on any atom is -0.350 e. The topological polar surface area (TPSA) is 49.4 Å². The van der Waals surface area contributed by atoms with Gasteiger partial charge in [-0.15, -0.1) is 0 Å². The zero-order chi connectivity index (χ0) is 19.7. The van der Waals surface area contributed by atoms with Gasteiger partial charge in [0.2, 0.25) is 0 Å². The molecule has 0 radical (unpaired) electrons. The number of imide groups is 1. The fourth-order valence-corrected chi connectivity index (χ4v) is 3.50. The average molecular weight is 368 g/mol. The summed E-state index contributed by atoms with van der Waals surface area (Å²) in [5.74, 6) is -0.669. The number of anilines is 2. The highest BCUT2D eigenvalue weighted by molar-refractivity contribution is 6.46. The van der Waals surface area contributed by atoms with Gasteiger partial charge in [-0.25, -0.2) is 4.90 Å². The highest BCUT2D eigenvalue weighted by Gasteiger charge is 2.40. The van der Waals surface area contributed by atoms with Crippen molar-refractivity contribution in [3.8, 4) is 0 Å². The number of benzene rings is 3. The molecule has 2 amide bonds. The van der Waals surface area contributed by atoms with Crippen LogP contribution in [-0.4, -0.2) is 11.8 Å². The summed E-state index contributed by atoms with van der Waals surface area (Å²) in [5.41, 5.74) is 4.74. The largest absolute Gasteiger partial charge is 0.350 e. The Morgan fingerprint density at radius 3 is 1.89 bits per heavy atom. The summed E-state index contributed by atoms with van der Waals surface area (Å²) in [6.45, 7) is 3.91. The minimum absolute atomic E-state index is 0.293. The van der Waals surface area contributed by atoms with Crippen LogP contribution in [0.2, 0.25) is 0 Å². The van der Waals surface area contributed by atoms with Crippen LogP contribution in [0.1, 0.15) is 16.7 Å². The van der Waals surface area contributed by atoms with E-state index in [9.17, 15) is 9.59 Å². The van der Waals surface area contributed by atoms with Crippen LogP contribution in [0, 0.1) is 13.8 Å². The van der Waals surface area contributed by atoms with Crippen molar-refractivity contribution in [3.05, 3.63) is 101 Å². The first-order valence-corrected chi connectivity index (χ1v) is 9.13. The van der Waals surface area contributed by atoms with Crippen LogP contribution in [-0.2, 0) is 9.59 Å². The second-order valence-electron chi connectivity index (χ2n) is 6.90. The van der Waals surface area contributed by atoms with Gasteiger partial charge in [-0.2, -0.15) is 0 Å². The summed E-state index contributed by atoms with van der Waals surface area (Å²) in [7, 11) is 0. The number of hydrogen-bond acceptors (Lipinski definition) is 3. The Kier molecular flexibility index (Phi) is 4.53. The van der Waals surface area contributed by atoms with Crippen molar-refractivity contribution < 1.29 is 9.59 Å². The molecular weight excluding hydrogens is 348 g/mol. The molecule has 0 bridgehead atoms. The lowest BCUT2D eigenvalue weighted by molar-refractivity contribution is -0.120. The van der Waals surface area contributed by atoms with E-state index in [2.05, 4.69) is 5.32 Å². The predicted molar refractivity (Wildman–Crippen MR) is 112 cm³/mol. The van der Waals surface area contributed by atoms with Gasteiger partial charge in [-0.05, 0) is 54.8 Å². The van der Waals surface area contributed by atoms with Crippen LogP contribution in [0.3, 0.4) is 0 Å². The number of amides is 2. The van der Waals surface area contributed by atoms with Gasteiger partial charge in [0, 0.05) is 5.69 Å². The maximum Gasteiger partial charge on any atom is 0.282 e. The molecule has 4 nitrogen and oxygen atoms in total. The zero-order valence-corrected chi connectivity index (χ0v) is 15.8. The van der Waals surface area contributed by atoms with Crippen LogP contribution >= 0.6 is 0 Å². The Balaban J connectivity index is 1.83. The van der Waals surface area contributed by atoms with Crippen LogP contribution in [0.4, 0.5) is 11.4 Å². The maximum atomic E-state index is 13.3. The molecule has 4 rings (SSSR count). The summed E-state index contributed by atoms with van der Waals surface area (Å²) in [5, 5.41) is 3.17. The fraction of sp³-hybridized carbons (Fsp3) is 0.0833. The van der Waals surface area contributed by atoms with Crippen LogP contribution < -0.4 is 10.2 Å². The number of carbonyl (C=O) groups excluding carboxylic acids is 2. The molecule has 28 heavy (non-hydrogen) atoms. The molecule has 138 valence electrons. The number of nitrogens with zero attached hydrogens (tertiary/aromatic N) is 1. The second kappa shape index (κ2) is 7.16. The molecular formula is C24H20N2O2. The SMILES string of the molecule is Cc1cc(C)cc(N2C(=O)C(Nc3ccccc3)=C(c3ccccc3)C2=O)c1. The quantitative estimate of drug-likeness (QED) is 0.679. The number of para-hydroxylation sites is 1. The van der Waals surface area contributed by atoms with Crippen LogP contribution in [0.5, 0.6) is 0 Å². The molecule has 3 aromatic carbocycles. The number of rotatable bonds is 4. The molecule has 1 heterocycles. The Labute approximate surface area is 164 Å². The van der Waals surface area contributed by atoms with Crippen molar-refractivity contribution in [3.63, 3.8) is 0 Å². The summed E-state index contributed by atoms with van der Waals surface area (Å²) >= 11 is 0. The zero-order valence-electron chi connectivity index (χ0n) is 15.8. The molecule has 1 aliphatic heterocycles. The van der Waals surface area contributed by atoms with E-state index in [-0.39, 0.29) is 11.8 Å². The number of aryl methyl sites for hydroxylation is 2. The lowest BCUT2D eigenvalue weighted by Crippen LogP contribution is -2.32.